The highest BCUT2D eigenvalue weighted by Gasteiger charge is 2.64. The SMILES string of the molecule is CC[C@H](C)[C@H](OCc1ccccc1)[C@H]1[C@H]([N+](=O)[O-])[C@H](c2ccccc2)N[C@]1(C)C(=O)NCCCCCC(=O)OC. The van der Waals surface area contributed by atoms with Crippen LogP contribution < -0.4 is 10.6 Å². The molecule has 2 aromatic rings. The Labute approximate surface area is 237 Å². The maximum absolute atomic E-state index is 13.9. The largest absolute Gasteiger partial charge is 0.469 e. The molecule has 0 aliphatic carbocycles. The molecule has 0 bridgehead atoms. The van der Waals surface area contributed by atoms with Gasteiger partial charge in [-0.3, -0.25) is 25.0 Å². The number of hydrogen-bond donors (Lipinski definition) is 2. The number of ether oxygens (including phenoxy) is 2. The maximum atomic E-state index is 13.9. The van der Waals surface area contributed by atoms with Crippen molar-refractivity contribution >= 4 is 11.9 Å². The zero-order chi connectivity index (χ0) is 29.1. The number of carbonyl (C=O) groups is 2. The summed E-state index contributed by atoms with van der Waals surface area (Å²) in [5.74, 6) is -1.30. The third-order valence-electron chi connectivity index (χ3n) is 8.12. The van der Waals surface area contributed by atoms with Crippen molar-refractivity contribution < 1.29 is 24.0 Å². The predicted octanol–water partition coefficient (Wildman–Crippen LogP) is 4.83. The minimum atomic E-state index is -1.25. The van der Waals surface area contributed by atoms with Crippen LogP contribution in [-0.4, -0.2) is 48.1 Å². The second-order valence-electron chi connectivity index (χ2n) is 10.8. The van der Waals surface area contributed by atoms with Gasteiger partial charge in [0, 0.05) is 17.9 Å². The van der Waals surface area contributed by atoms with Crippen molar-refractivity contribution in [2.45, 2.75) is 83.2 Å². The summed E-state index contributed by atoms with van der Waals surface area (Å²) in [5.41, 5.74) is 0.478. The summed E-state index contributed by atoms with van der Waals surface area (Å²) in [6, 6.07) is 17.3. The number of nitro groups is 1. The number of nitrogens with zero attached hydrogens (tertiary/aromatic N) is 1. The first-order chi connectivity index (χ1) is 19.2. The zero-order valence-electron chi connectivity index (χ0n) is 24.0. The van der Waals surface area contributed by atoms with E-state index in [4.69, 9.17) is 4.74 Å². The molecule has 3 rings (SSSR count). The van der Waals surface area contributed by atoms with Gasteiger partial charge in [-0.1, -0.05) is 87.4 Å². The van der Waals surface area contributed by atoms with Gasteiger partial charge in [-0.15, -0.1) is 0 Å². The second-order valence-corrected chi connectivity index (χ2v) is 10.8. The summed E-state index contributed by atoms with van der Waals surface area (Å²) < 4.78 is 11.2. The minimum absolute atomic E-state index is 0.0297. The van der Waals surface area contributed by atoms with Crippen LogP contribution in [0.25, 0.3) is 0 Å². The lowest BCUT2D eigenvalue weighted by atomic mass is 9.74. The van der Waals surface area contributed by atoms with E-state index >= 15 is 0 Å². The highest BCUT2D eigenvalue weighted by Crippen LogP contribution is 2.45. The first-order valence-corrected chi connectivity index (χ1v) is 14.2. The Balaban J connectivity index is 1.89. The summed E-state index contributed by atoms with van der Waals surface area (Å²) >= 11 is 0. The van der Waals surface area contributed by atoms with Crippen molar-refractivity contribution in [2.75, 3.05) is 13.7 Å². The third-order valence-corrected chi connectivity index (χ3v) is 8.12. The van der Waals surface area contributed by atoms with E-state index in [2.05, 4.69) is 15.4 Å². The number of carbonyl (C=O) groups excluding carboxylic acids is 2. The molecule has 9 nitrogen and oxygen atoms in total. The Kier molecular flexibility index (Phi) is 11.6. The van der Waals surface area contributed by atoms with Gasteiger partial charge >= 0.3 is 5.97 Å². The molecule has 1 aliphatic rings. The van der Waals surface area contributed by atoms with Crippen molar-refractivity contribution in [1.82, 2.24) is 10.6 Å². The lowest BCUT2D eigenvalue weighted by Gasteiger charge is -2.37. The molecule has 0 aromatic heterocycles. The van der Waals surface area contributed by atoms with Crippen molar-refractivity contribution in [3.05, 3.63) is 81.9 Å². The van der Waals surface area contributed by atoms with Crippen LogP contribution >= 0.6 is 0 Å². The summed E-state index contributed by atoms with van der Waals surface area (Å²) in [5, 5.41) is 19.2. The quantitative estimate of drug-likeness (QED) is 0.140. The molecule has 0 unspecified atom stereocenters. The molecule has 1 amide bonds. The van der Waals surface area contributed by atoms with Crippen molar-refractivity contribution in [1.29, 1.82) is 0 Å². The van der Waals surface area contributed by atoms with E-state index in [1.54, 1.807) is 6.92 Å². The Bertz CT molecular complexity index is 1100. The fraction of sp³-hybridized carbons (Fsp3) is 0.548. The van der Waals surface area contributed by atoms with Crippen LogP contribution in [0, 0.1) is 22.0 Å². The van der Waals surface area contributed by atoms with Crippen LogP contribution in [0.2, 0.25) is 0 Å². The van der Waals surface area contributed by atoms with E-state index in [-0.39, 0.29) is 22.7 Å². The monoisotopic (exact) mass is 553 g/mol. The molecule has 2 aromatic carbocycles. The third kappa shape index (κ3) is 7.67. The molecule has 2 N–H and O–H groups in total. The van der Waals surface area contributed by atoms with Crippen LogP contribution in [0.15, 0.2) is 60.7 Å². The second kappa shape index (κ2) is 14.9. The molecule has 40 heavy (non-hydrogen) atoms. The van der Waals surface area contributed by atoms with E-state index in [1.807, 2.05) is 74.5 Å². The number of amides is 1. The van der Waals surface area contributed by atoms with Gasteiger partial charge in [0.05, 0.1) is 25.7 Å². The van der Waals surface area contributed by atoms with Gasteiger partial charge in [-0.25, -0.2) is 0 Å². The van der Waals surface area contributed by atoms with Gasteiger partial charge in [0.25, 0.3) is 0 Å². The number of unbranched alkanes of at least 4 members (excludes halogenated alkanes) is 2. The van der Waals surface area contributed by atoms with Gasteiger partial charge in [0.1, 0.15) is 11.6 Å². The summed E-state index contributed by atoms with van der Waals surface area (Å²) in [6.07, 6.45) is 2.65. The number of hydrogen-bond acceptors (Lipinski definition) is 7. The first-order valence-electron chi connectivity index (χ1n) is 14.2. The standard InChI is InChI=1S/C31H43N3O6/c1-5-22(2)29(40-21-23-15-9-6-10-16-23)26-28(34(37)38)27(24-17-11-7-12-18-24)33-31(26,3)30(36)32-20-14-8-13-19-25(35)39-4/h6-7,9-12,15-18,22,26-29,33H,5,8,13-14,19-21H2,1-4H3,(H,32,36)/t22-,26+,27-,28-,29-,31-/m0/s1. The first kappa shape index (κ1) is 31.2. The van der Waals surface area contributed by atoms with Crippen molar-refractivity contribution in [3.8, 4) is 0 Å². The number of benzene rings is 2. The van der Waals surface area contributed by atoms with Gasteiger partial charge < -0.3 is 14.8 Å². The van der Waals surface area contributed by atoms with Crippen LogP contribution in [0.3, 0.4) is 0 Å². The van der Waals surface area contributed by atoms with E-state index < -0.39 is 29.6 Å². The van der Waals surface area contributed by atoms with Crippen molar-refractivity contribution in [3.63, 3.8) is 0 Å². The molecule has 0 radical (unpaired) electrons. The normalized spacial score (nSPS) is 23.8. The molecule has 0 spiro atoms. The van der Waals surface area contributed by atoms with E-state index in [9.17, 15) is 19.7 Å². The molecule has 218 valence electrons. The number of nitrogens with one attached hydrogen (secondary N) is 2. The smallest absolute Gasteiger partial charge is 0.305 e. The average molecular weight is 554 g/mol. The molecule has 9 heteroatoms. The van der Waals surface area contributed by atoms with Gasteiger partial charge in [-0.2, -0.15) is 0 Å². The molecule has 6 atom stereocenters. The van der Waals surface area contributed by atoms with E-state index in [0.29, 0.717) is 32.4 Å². The van der Waals surface area contributed by atoms with Crippen LogP contribution in [0.1, 0.15) is 70.0 Å². The number of rotatable bonds is 15. The number of methoxy groups -OCH3 is 1. The molecule has 1 heterocycles. The molecular formula is C31H43N3O6. The van der Waals surface area contributed by atoms with Crippen LogP contribution in [-0.2, 0) is 25.7 Å². The summed E-state index contributed by atoms with van der Waals surface area (Å²) in [4.78, 5) is 37.7. The van der Waals surface area contributed by atoms with Gasteiger partial charge in [-0.05, 0) is 36.8 Å². The van der Waals surface area contributed by atoms with Gasteiger partial charge in [0.15, 0.2) is 0 Å². The fourth-order valence-corrected chi connectivity index (χ4v) is 5.67. The Morgan fingerprint density at radius 3 is 2.33 bits per heavy atom. The summed E-state index contributed by atoms with van der Waals surface area (Å²) in [6.45, 7) is 6.53. The van der Waals surface area contributed by atoms with Gasteiger partial charge in [0.2, 0.25) is 11.9 Å². The average Bonchev–Trinajstić information content (AvgIpc) is 3.29. The van der Waals surface area contributed by atoms with Crippen LogP contribution in [0.5, 0.6) is 0 Å². The highest BCUT2D eigenvalue weighted by atomic mass is 16.6. The van der Waals surface area contributed by atoms with Crippen LogP contribution in [0.4, 0.5) is 0 Å². The Hall–Kier alpha value is -3.30. The lowest BCUT2D eigenvalue weighted by molar-refractivity contribution is -0.536. The molecular weight excluding hydrogens is 510 g/mol. The minimum Gasteiger partial charge on any atom is -0.469 e. The Morgan fingerprint density at radius 2 is 1.73 bits per heavy atom. The number of esters is 1. The predicted molar refractivity (Wildman–Crippen MR) is 153 cm³/mol. The molecule has 1 saturated heterocycles. The molecule has 1 fully saturated rings. The topological polar surface area (TPSA) is 120 Å². The fourth-order valence-electron chi connectivity index (χ4n) is 5.67. The maximum Gasteiger partial charge on any atom is 0.305 e. The molecule has 1 aliphatic heterocycles. The van der Waals surface area contributed by atoms with E-state index in [0.717, 1.165) is 24.0 Å². The lowest BCUT2D eigenvalue weighted by Crippen LogP contribution is -2.60. The van der Waals surface area contributed by atoms with Crippen molar-refractivity contribution in [2.24, 2.45) is 11.8 Å². The highest BCUT2D eigenvalue weighted by molar-refractivity contribution is 5.87. The summed E-state index contributed by atoms with van der Waals surface area (Å²) in [7, 11) is 1.37. The zero-order valence-corrected chi connectivity index (χ0v) is 24.0. The molecule has 0 saturated carbocycles. The Morgan fingerprint density at radius 1 is 1.07 bits per heavy atom. The van der Waals surface area contributed by atoms with E-state index in [1.165, 1.54) is 7.11 Å².